The molecule has 0 spiro atoms. The monoisotopic (exact) mass is 530 g/mol. The van der Waals surface area contributed by atoms with Crippen LogP contribution >= 0.6 is 0 Å². The minimum Gasteiger partial charge on any atom is -0.507 e. The fraction of sp³-hybridized carbons (Fsp3) is 0.444. The SMILES string of the molecule is COc1ccc(-c2oc3c(C[C@H]4OC4(C)C)c(O)cc(O)c3c(=O)c2O[C@H]2O[C@@H](C)[C@H](O)[C@@H](O)[C@@H]2O)cc1. The molecule has 2 aliphatic rings. The van der Waals surface area contributed by atoms with Gasteiger partial charge in [0.15, 0.2) is 5.76 Å². The van der Waals surface area contributed by atoms with E-state index < -0.39 is 53.2 Å². The molecule has 11 heteroatoms. The van der Waals surface area contributed by atoms with E-state index in [1.165, 1.54) is 14.0 Å². The Morgan fingerprint density at radius 3 is 2.26 bits per heavy atom. The van der Waals surface area contributed by atoms with Crippen LogP contribution in [0, 0.1) is 0 Å². The number of aliphatic hydroxyl groups is 3. The van der Waals surface area contributed by atoms with E-state index in [1.54, 1.807) is 24.3 Å². The number of methoxy groups -OCH3 is 1. The molecule has 204 valence electrons. The Morgan fingerprint density at radius 1 is 1.00 bits per heavy atom. The van der Waals surface area contributed by atoms with Crippen LogP contribution in [0.25, 0.3) is 22.3 Å². The summed E-state index contributed by atoms with van der Waals surface area (Å²) in [4.78, 5) is 13.8. The molecular formula is C27H30O11. The lowest BCUT2D eigenvalue weighted by Gasteiger charge is -2.38. The van der Waals surface area contributed by atoms with Gasteiger partial charge in [-0.05, 0) is 45.0 Å². The zero-order valence-corrected chi connectivity index (χ0v) is 21.2. The zero-order valence-electron chi connectivity index (χ0n) is 21.2. The topological polar surface area (TPSA) is 172 Å². The van der Waals surface area contributed by atoms with Crippen LogP contribution in [0.15, 0.2) is 39.5 Å². The van der Waals surface area contributed by atoms with Gasteiger partial charge >= 0.3 is 0 Å². The number of hydrogen-bond donors (Lipinski definition) is 5. The van der Waals surface area contributed by atoms with Gasteiger partial charge < -0.3 is 48.9 Å². The molecule has 2 aliphatic heterocycles. The van der Waals surface area contributed by atoms with E-state index in [4.69, 9.17) is 23.4 Å². The predicted octanol–water partition coefficient (Wildman–Crippen LogP) is 1.81. The van der Waals surface area contributed by atoms with Crippen molar-refractivity contribution in [3.05, 3.63) is 46.1 Å². The first-order valence-corrected chi connectivity index (χ1v) is 12.2. The van der Waals surface area contributed by atoms with E-state index in [2.05, 4.69) is 0 Å². The van der Waals surface area contributed by atoms with Crippen LogP contribution in [0.3, 0.4) is 0 Å². The molecule has 38 heavy (non-hydrogen) atoms. The highest BCUT2D eigenvalue weighted by Crippen LogP contribution is 2.44. The molecule has 2 saturated heterocycles. The molecule has 0 aliphatic carbocycles. The van der Waals surface area contributed by atoms with E-state index in [9.17, 15) is 30.3 Å². The molecule has 1 aromatic heterocycles. The summed E-state index contributed by atoms with van der Waals surface area (Å²) in [5, 5.41) is 51.9. The van der Waals surface area contributed by atoms with Gasteiger partial charge in [0, 0.05) is 23.6 Å². The van der Waals surface area contributed by atoms with Gasteiger partial charge in [-0.25, -0.2) is 0 Å². The van der Waals surface area contributed by atoms with Crippen molar-refractivity contribution in [1.82, 2.24) is 0 Å². The largest absolute Gasteiger partial charge is 0.507 e. The van der Waals surface area contributed by atoms with Gasteiger partial charge in [0.2, 0.25) is 17.5 Å². The van der Waals surface area contributed by atoms with Crippen LogP contribution in [0.2, 0.25) is 0 Å². The van der Waals surface area contributed by atoms with Gasteiger partial charge in [0.05, 0.1) is 24.9 Å². The van der Waals surface area contributed by atoms with Crippen molar-refractivity contribution < 1.29 is 48.9 Å². The molecule has 2 aromatic carbocycles. The minimum absolute atomic E-state index is 0.0501. The van der Waals surface area contributed by atoms with Crippen molar-refractivity contribution in [3.63, 3.8) is 0 Å². The summed E-state index contributed by atoms with van der Waals surface area (Å²) in [6, 6.07) is 7.56. The number of epoxide rings is 1. The van der Waals surface area contributed by atoms with Gasteiger partial charge in [-0.15, -0.1) is 0 Å². The van der Waals surface area contributed by atoms with Crippen molar-refractivity contribution in [2.24, 2.45) is 0 Å². The van der Waals surface area contributed by atoms with Crippen molar-refractivity contribution in [1.29, 1.82) is 0 Å². The van der Waals surface area contributed by atoms with E-state index in [1.807, 2.05) is 13.8 Å². The molecule has 5 N–H and O–H groups in total. The fourth-order valence-electron chi connectivity index (χ4n) is 4.64. The lowest BCUT2D eigenvalue weighted by atomic mass is 9.98. The number of rotatable bonds is 6. The normalized spacial score (nSPS) is 28.3. The average Bonchev–Trinajstić information content (AvgIpc) is 3.49. The quantitative estimate of drug-likeness (QED) is 0.294. The summed E-state index contributed by atoms with van der Waals surface area (Å²) in [5.41, 5.74) is -0.611. The smallest absolute Gasteiger partial charge is 0.239 e. The molecule has 0 unspecified atom stereocenters. The van der Waals surface area contributed by atoms with E-state index in [0.717, 1.165) is 6.07 Å². The molecule has 2 fully saturated rings. The lowest BCUT2D eigenvalue weighted by molar-refractivity contribution is -0.268. The van der Waals surface area contributed by atoms with Crippen molar-refractivity contribution in [2.75, 3.05) is 7.11 Å². The Labute approximate surface area is 217 Å². The summed E-state index contributed by atoms with van der Waals surface area (Å²) >= 11 is 0. The summed E-state index contributed by atoms with van der Waals surface area (Å²) < 4.78 is 28.4. The molecule has 0 radical (unpaired) electrons. The minimum atomic E-state index is -1.70. The Bertz CT molecular complexity index is 1410. The number of hydrogen-bond acceptors (Lipinski definition) is 11. The third-order valence-corrected chi connectivity index (χ3v) is 7.13. The average molecular weight is 531 g/mol. The molecule has 3 heterocycles. The molecule has 0 amide bonds. The molecule has 3 aromatic rings. The second-order valence-corrected chi connectivity index (χ2v) is 10.1. The van der Waals surface area contributed by atoms with Crippen molar-refractivity contribution >= 4 is 11.0 Å². The Morgan fingerprint density at radius 2 is 1.66 bits per heavy atom. The van der Waals surface area contributed by atoms with Gasteiger partial charge in [-0.1, -0.05) is 0 Å². The molecule has 0 saturated carbocycles. The highest BCUT2D eigenvalue weighted by molar-refractivity contribution is 5.91. The first-order chi connectivity index (χ1) is 17.9. The number of phenolic OH excluding ortho intramolecular Hbond substituents is 2. The van der Waals surface area contributed by atoms with Gasteiger partial charge in [-0.2, -0.15) is 0 Å². The maximum absolute atomic E-state index is 13.8. The lowest BCUT2D eigenvalue weighted by Crippen LogP contribution is -2.58. The summed E-state index contributed by atoms with van der Waals surface area (Å²) in [6.07, 6.45) is -7.16. The zero-order chi connectivity index (χ0) is 27.5. The number of aromatic hydroxyl groups is 2. The molecule has 6 atom stereocenters. The maximum Gasteiger partial charge on any atom is 0.239 e. The van der Waals surface area contributed by atoms with Crippen molar-refractivity contribution in [2.45, 2.75) is 69.6 Å². The fourth-order valence-corrected chi connectivity index (χ4v) is 4.64. The number of ether oxygens (including phenoxy) is 4. The summed E-state index contributed by atoms with van der Waals surface area (Å²) in [6.45, 7) is 5.26. The highest BCUT2D eigenvalue weighted by Gasteiger charge is 2.48. The van der Waals surface area contributed by atoms with E-state index >= 15 is 0 Å². The second-order valence-electron chi connectivity index (χ2n) is 10.1. The first kappa shape index (κ1) is 26.3. The Kier molecular flexibility index (Phi) is 6.52. The van der Waals surface area contributed by atoms with Crippen LogP contribution in [-0.4, -0.2) is 75.1 Å². The van der Waals surface area contributed by atoms with Crippen LogP contribution in [0.1, 0.15) is 26.3 Å². The molecular weight excluding hydrogens is 500 g/mol. The van der Waals surface area contributed by atoms with Gasteiger partial charge in [0.25, 0.3) is 0 Å². The molecule has 5 rings (SSSR count). The molecule has 0 bridgehead atoms. The number of fused-ring (bicyclic) bond motifs is 1. The van der Waals surface area contributed by atoms with Crippen LogP contribution in [-0.2, 0) is 15.9 Å². The van der Waals surface area contributed by atoms with Crippen LogP contribution < -0.4 is 14.9 Å². The number of phenols is 2. The third kappa shape index (κ3) is 4.46. The summed E-state index contributed by atoms with van der Waals surface area (Å²) in [5.74, 6) is -0.740. The van der Waals surface area contributed by atoms with Crippen molar-refractivity contribution in [3.8, 4) is 34.3 Å². The van der Waals surface area contributed by atoms with E-state index in [-0.39, 0.29) is 40.6 Å². The maximum atomic E-state index is 13.8. The number of aliphatic hydroxyl groups excluding tert-OH is 3. The summed E-state index contributed by atoms with van der Waals surface area (Å²) in [7, 11) is 1.50. The number of benzene rings is 2. The predicted molar refractivity (Wildman–Crippen MR) is 133 cm³/mol. The Hall–Kier alpha value is -3.35. The van der Waals surface area contributed by atoms with Crippen LogP contribution in [0.5, 0.6) is 23.0 Å². The molecule has 11 nitrogen and oxygen atoms in total. The van der Waals surface area contributed by atoms with Crippen LogP contribution in [0.4, 0.5) is 0 Å². The third-order valence-electron chi connectivity index (χ3n) is 7.13. The Balaban J connectivity index is 1.70. The van der Waals surface area contributed by atoms with Gasteiger partial charge in [-0.3, -0.25) is 4.79 Å². The standard InChI is InChI=1S/C27H30O11/c1-11-19(30)21(32)22(33)26(35-11)37-25-20(31)18-16(29)10-15(28)14(9-17-27(2,3)38-17)24(18)36-23(25)12-5-7-13(34-4)8-6-12/h5-8,10-11,17,19,21-22,26,28-30,32-33H,9H2,1-4H3/t11-,17+,19-,21+,22-,26+/m0/s1. The van der Waals surface area contributed by atoms with E-state index in [0.29, 0.717) is 11.3 Å². The highest BCUT2D eigenvalue weighted by atomic mass is 16.7. The first-order valence-electron chi connectivity index (χ1n) is 12.2. The van der Waals surface area contributed by atoms with Gasteiger partial charge in [0.1, 0.15) is 46.5 Å². The second kappa shape index (κ2) is 9.44.